The van der Waals surface area contributed by atoms with E-state index in [0.29, 0.717) is 10.4 Å². The van der Waals surface area contributed by atoms with Crippen molar-refractivity contribution < 1.29 is 14.3 Å². The Hall–Kier alpha value is -2.72. The predicted molar refractivity (Wildman–Crippen MR) is 100 cm³/mol. The van der Waals surface area contributed by atoms with Crippen LogP contribution in [0, 0.1) is 0 Å². The van der Waals surface area contributed by atoms with Gasteiger partial charge in [-0.2, -0.15) is 0 Å². The quantitative estimate of drug-likeness (QED) is 0.484. The first-order chi connectivity index (χ1) is 12.1. The lowest BCUT2D eigenvalue weighted by Gasteiger charge is -2.10. The van der Waals surface area contributed by atoms with Gasteiger partial charge in [-0.15, -0.1) is 11.3 Å². The highest BCUT2D eigenvalue weighted by molar-refractivity contribution is 7.17. The third kappa shape index (κ3) is 3.54. The highest BCUT2D eigenvalue weighted by Gasteiger charge is 2.24. The topological polar surface area (TPSA) is 43.4 Å². The summed E-state index contributed by atoms with van der Waals surface area (Å²) in [6, 6.07) is 20.8. The SMILES string of the molecule is COC(=O)C(C)c1cc(C(=O)c2ccccc2)sc1-c1ccccc1. The molecular weight excluding hydrogens is 332 g/mol. The smallest absolute Gasteiger partial charge is 0.312 e. The Balaban J connectivity index is 2.09. The van der Waals surface area contributed by atoms with Crippen molar-refractivity contribution >= 4 is 23.1 Å². The minimum atomic E-state index is -0.436. The number of rotatable bonds is 5. The Bertz CT molecular complexity index is 882. The summed E-state index contributed by atoms with van der Waals surface area (Å²) in [5, 5.41) is 0. The Morgan fingerprint density at radius 1 is 0.960 bits per heavy atom. The van der Waals surface area contributed by atoms with E-state index in [1.165, 1.54) is 18.4 Å². The summed E-state index contributed by atoms with van der Waals surface area (Å²) in [5.41, 5.74) is 2.45. The Kier molecular flexibility index (Phi) is 5.10. The Morgan fingerprint density at radius 3 is 2.16 bits per heavy atom. The Labute approximate surface area is 150 Å². The van der Waals surface area contributed by atoms with Crippen LogP contribution in [-0.4, -0.2) is 18.9 Å². The summed E-state index contributed by atoms with van der Waals surface area (Å²) < 4.78 is 4.89. The highest BCUT2D eigenvalue weighted by Crippen LogP contribution is 2.38. The van der Waals surface area contributed by atoms with Gasteiger partial charge < -0.3 is 4.74 Å². The van der Waals surface area contributed by atoms with Crippen molar-refractivity contribution in [3.05, 3.63) is 82.7 Å². The maximum Gasteiger partial charge on any atom is 0.312 e. The van der Waals surface area contributed by atoms with Crippen molar-refractivity contribution in [2.45, 2.75) is 12.8 Å². The van der Waals surface area contributed by atoms with E-state index in [0.717, 1.165) is 16.0 Å². The molecule has 1 unspecified atom stereocenters. The van der Waals surface area contributed by atoms with E-state index in [1.54, 1.807) is 19.1 Å². The lowest BCUT2D eigenvalue weighted by atomic mass is 9.97. The molecule has 4 heteroatoms. The van der Waals surface area contributed by atoms with E-state index in [2.05, 4.69) is 0 Å². The van der Waals surface area contributed by atoms with Gasteiger partial charge in [0.05, 0.1) is 17.9 Å². The van der Waals surface area contributed by atoms with Crippen molar-refractivity contribution in [3.8, 4) is 10.4 Å². The standard InChI is InChI=1S/C21H18O3S/c1-14(21(23)24-2)17-13-18(19(22)15-9-5-3-6-10-15)25-20(17)16-11-7-4-8-12-16/h3-14H,1-2H3. The molecule has 2 aromatic carbocycles. The zero-order chi connectivity index (χ0) is 17.8. The van der Waals surface area contributed by atoms with E-state index in [4.69, 9.17) is 4.74 Å². The van der Waals surface area contributed by atoms with E-state index in [9.17, 15) is 9.59 Å². The van der Waals surface area contributed by atoms with Gasteiger partial charge in [0.25, 0.3) is 0 Å². The molecule has 0 fully saturated rings. The zero-order valence-electron chi connectivity index (χ0n) is 14.1. The van der Waals surface area contributed by atoms with Crippen molar-refractivity contribution in [2.75, 3.05) is 7.11 Å². The molecule has 0 saturated carbocycles. The number of methoxy groups -OCH3 is 1. The van der Waals surface area contributed by atoms with E-state index < -0.39 is 5.92 Å². The molecule has 126 valence electrons. The number of benzene rings is 2. The maximum atomic E-state index is 12.8. The average molecular weight is 350 g/mol. The number of thiophene rings is 1. The largest absolute Gasteiger partial charge is 0.469 e. The van der Waals surface area contributed by atoms with E-state index in [1.807, 2.05) is 54.6 Å². The molecule has 1 heterocycles. The molecular formula is C21H18O3S. The van der Waals surface area contributed by atoms with Crippen LogP contribution < -0.4 is 0 Å². The van der Waals surface area contributed by atoms with Gasteiger partial charge in [0.1, 0.15) is 0 Å². The summed E-state index contributed by atoms with van der Waals surface area (Å²) in [5.74, 6) is -0.784. The van der Waals surface area contributed by atoms with E-state index in [-0.39, 0.29) is 11.8 Å². The molecule has 0 aliphatic heterocycles. The number of ether oxygens (including phenoxy) is 1. The van der Waals surface area contributed by atoms with Crippen molar-refractivity contribution in [3.63, 3.8) is 0 Å². The monoisotopic (exact) mass is 350 g/mol. The summed E-state index contributed by atoms with van der Waals surface area (Å²) in [4.78, 5) is 26.4. The lowest BCUT2D eigenvalue weighted by Crippen LogP contribution is -2.10. The van der Waals surface area contributed by atoms with Crippen LogP contribution in [0.2, 0.25) is 0 Å². The fourth-order valence-corrected chi connectivity index (χ4v) is 3.91. The first-order valence-corrected chi connectivity index (χ1v) is 8.80. The van der Waals surface area contributed by atoms with Gasteiger partial charge in [-0.05, 0) is 24.1 Å². The molecule has 0 radical (unpaired) electrons. The molecule has 0 spiro atoms. The molecule has 0 N–H and O–H groups in total. The van der Waals surface area contributed by atoms with Crippen LogP contribution in [0.15, 0.2) is 66.7 Å². The van der Waals surface area contributed by atoms with Crippen LogP contribution in [-0.2, 0) is 9.53 Å². The fourth-order valence-electron chi connectivity index (χ4n) is 2.69. The lowest BCUT2D eigenvalue weighted by molar-refractivity contribution is -0.141. The summed E-state index contributed by atoms with van der Waals surface area (Å²) in [6.07, 6.45) is 0. The van der Waals surface area contributed by atoms with Crippen molar-refractivity contribution in [2.24, 2.45) is 0 Å². The number of carbonyl (C=O) groups excluding carboxylic acids is 2. The number of hydrogen-bond donors (Lipinski definition) is 0. The third-order valence-electron chi connectivity index (χ3n) is 4.08. The molecule has 3 nitrogen and oxygen atoms in total. The van der Waals surface area contributed by atoms with Crippen LogP contribution in [0.5, 0.6) is 0 Å². The second-order valence-corrected chi connectivity index (χ2v) is 6.75. The van der Waals surface area contributed by atoms with Crippen molar-refractivity contribution in [1.82, 2.24) is 0 Å². The molecule has 0 aliphatic rings. The van der Waals surface area contributed by atoms with E-state index >= 15 is 0 Å². The fraction of sp³-hybridized carbons (Fsp3) is 0.143. The molecule has 0 aliphatic carbocycles. The minimum absolute atomic E-state index is 0.0360. The molecule has 3 aromatic rings. The van der Waals surface area contributed by atoms with Gasteiger partial charge in [0.15, 0.2) is 0 Å². The van der Waals surface area contributed by atoms with Gasteiger partial charge in [0.2, 0.25) is 5.78 Å². The highest BCUT2D eigenvalue weighted by atomic mass is 32.1. The molecule has 25 heavy (non-hydrogen) atoms. The van der Waals surface area contributed by atoms with Gasteiger partial charge in [-0.1, -0.05) is 60.7 Å². The Morgan fingerprint density at radius 2 is 1.56 bits per heavy atom. The first-order valence-electron chi connectivity index (χ1n) is 7.98. The van der Waals surface area contributed by atoms with Crippen LogP contribution in [0.25, 0.3) is 10.4 Å². The van der Waals surface area contributed by atoms with Crippen molar-refractivity contribution in [1.29, 1.82) is 0 Å². The zero-order valence-corrected chi connectivity index (χ0v) is 14.9. The molecule has 1 atom stereocenters. The average Bonchev–Trinajstić information content (AvgIpc) is 3.13. The van der Waals surface area contributed by atoms with Crippen LogP contribution in [0.1, 0.15) is 33.6 Å². The second-order valence-electron chi connectivity index (χ2n) is 5.70. The summed E-state index contributed by atoms with van der Waals surface area (Å²) in [6.45, 7) is 1.80. The molecule has 3 rings (SSSR count). The second kappa shape index (κ2) is 7.45. The number of carbonyl (C=O) groups is 2. The van der Waals surface area contributed by atoms with Crippen LogP contribution in [0.4, 0.5) is 0 Å². The molecule has 0 bridgehead atoms. The summed E-state index contributed by atoms with van der Waals surface area (Å²) in [7, 11) is 1.38. The number of ketones is 1. The number of hydrogen-bond acceptors (Lipinski definition) is 4. The normalized spacial score (nSPS) is 11.8. The van der Waals surface area contributed by atoms with Gasteiger partial charge >= 0.3 is 5.97 Å². The van der Waals surface area contributed by atoms with Gasteiger partial charge in [0, 0.05) is 10.4 Å². The predicted octanol–water partition coefficient (Wildman–Crippen LogP) is 4.92. The van der Waals surface area contributed by atoms with Gasteiger partial charge in [-0.3, -0.25) is 9.59 Å². The first kappa shape index (κ1) is 17.1. The van der Waals surface area contributed by atoms with Crippen LogP contribution in [0.3, 0.4) is 0 Å². The van der Waals surface area contributed by atoms with Crippen LogP contribution >= 0.6 is 11.3 Å². The summed E-state index contributed by atoms with van der Waals surface area (Å²) >= 11 is 1.41. The number of esters is 1. The third-order valence-corrected chi connectivity index (χ3v) is 5.28. The maximum absolute atomic E-state index is 12.8. The molecule has 0 saturated heterocycles. The minimum Gasteiger partial charge on any atom is -0.469 e. The molecule has 0 amide bonds. The molecule has 1 aromatic heterocycles. The van der Waals surface area contributed by atoms with Gasteiger partial charge in [-0.25, -0.2) is 0 Å².